The molecule has 0 saturated carbocycles. The van der Waals surface area contributed by atoms with Gasteiger partial charge in [0, 0.05) is 18.7 Å². The summed E-state index contributed by atoms with van der Waals surface area (Å²) in [4.78, 5) is 61.8. The highest BCUT2D eigenvalue weighted by atomic mass is 16.5. The molecule has 32 heavy (non-hydrogen) atoms. The molecule has 0 aliphatic carbocycles. The van der Waals surface area contributed by atoms with E-state index in [1.165, 1.54) is 6.07 Å². The van der Waals surface area contributed by atoms with Crippen LogP contribution in [0.15, 0.2) is 18.2 Å². The van der Waals surface area contributed by atoms with Crippen molar-refractivity contribution in [1.29, 1.82) is 0 Å². The van der Waals surface area contributed by atoms with Gasteiger partial charge in [0.1, 0.15) is 6.04 Å². The molecule has 0 spiro atoms. The predicted molar refractivity (Wildman–Crippen MR) is 113 cm³/mol. The van der Waals surface area contributed by atoms with Crippen LogP contribution < -0.4 is 10.6 Å². The molecule has 2 N–H and O–H groups in total. The van der Waals surface area contributed by atoms with Crippen molar-refractivity contribution in [2.45, 2.75) is 45.1 Å². The lowest BCUT2D eigenvalue weighted by atomic mass is 10.0. The number of carbonyl (C=O) groups excluding carboxylic acids is 5. The first-order valence-corrected chi connectivity index (χ1v) is 10.8. The fourth-order valence-corrected chi connectivity index (χ4v) is 3.58. The first-order valence-electron chi connectivity index (χ1n) is 10.8. The summed E-state index contributed by atoms with van der Waals surface area (Å²) in [5, 5.41) is 5.25. The Hall–Kier alpha value is -3.27. The fourth-order valence-electron chi connectivity index (χ4n) is 3.58. The van der Waals surface area contributed by atoms with Crippen LogP contribution in [0.25, 0.3) is 0 Å². The molecule has 4 amide bonds. The van der Waals surface area contributed by atoms with Gasteiger partial charge in [-0.2, -0.15) is 0 Å². The number of hydrogen-bond donors (Lipinski definition) is 2. The lowest BCUT2D eigenvalue weighted by Crippen LogP contribution is -2.54. The monoisotopic (exact) mass is 445 g/mol. The molecule has 1 unspecified atom stereocenters. The number of carbonyl (C=O) groups is 5. The molecule has 1 atom stereocenters. The average Bonchev–Trinajstić information content (AvgIpc) is 3.02. The van der Waals surface area contributed by atoms with Gasteiger partial charge in [-0.05, 0) is 25.0 Å². The lowest BCUT2D eigenvalue weighted by Gasteiger charge is -2.27. The maximum absolute atomic E-state index is 13.0. The standard InChI is InChI=1S/C22H27N3O7/c1-2-3-11-32-18(27)9-12-31-13-10-23-15-6-4-5-14-19(15)22(30)25(21(14)29)16-7-8-17(26)24-20(16)28/h4-6,16,23H,2-3,7-13H2,1H3,(H,24,26,28). The van der Waals surface area contributed by atoms with Gasteiger partial charge in [-0.1, -0.05) is 19.4 Å². The second-order valence-corrected chi connectivity index (χ2v) is 7.54. The minimum Gasteiger partial charge on any atom is -0.466 e. The van der Waals surface area contributed by atoms with Crippen molar-refractivity contribution in [3.05, 3.63) is 29.3 Å². The summed E-state index contributed by atoms with van der Waals surface area (Å²) in [6.45, 7) is 3.28. The molecule has 2 aliphatic rings. The maximum atomic E-state index is 13.0. The molecule has 172 valence electrons. The minimum atomic E-state index is -1.01. The molecule has 2 aliphatic heterocycles. The molecular weight excluding hydrogens is 418 g/mol. The molecule has 10 heteroatoms. The van der Waals surface area contributed by atoms with Crippen molar-refractivity contribution in [2.24, 2.45) is 0 Å². The van der Waals surface area contributed by atoms with Crippen molar-refractivity contribution in [1.82, 2.24) is 10.2 Å². The largest absolute Gasteiger partial charge is 0.466 e. The Balaban J connectivity index is 1.52. The van der Waals surface area contributed by atoms with Gasteiger partial charge in [-0.15, -0.1) is 0 Å². The zero-order valence-corrected chi connectivity index (χ0v) is 18.0. The molecule has 1 fully saturated rings. The Morgan fingerprint density at radius 1 is 1.16 bits per heavy atom. The van der Waals surface area contributed by atoms with E-state index >= 15 is 0 Å². The van der Waals surface area contributed by atoms with Crippen LogP contribution in [0.5, 0.6) is 0 Å². The topological polar surface area (TPSA) is 131 Å². The Morgan fingerprint density at radius 2 is 1.97 bits per heavy atom. The zero-order chi connectivity index (χ0) is 23.1. The molecule has 2 heterocycles. The Labute approximate surface area is 185 Å². The van der Waals surface area contributed by atoms with Crippen LogP contribution in [0.3, 0.4) is 0 Å². The zero-order valence-electron chi connectivity index (χ0n) is 18.0. The molecule has 3 rings (SSSR count). The smallest absolute Gasteiger partial charge is 0.308 e. The normalized spacial score (nSPS) is 17.9. The number of amides is 4. The number of benzene rings is 1. The maximum Gasteiger partial charge on any atom is 0.308 e. The third-order valence-electron chi connectivity index (χ3n) is 5.24. The van der Waals surface area contributed by atoms with E-state index in [1.54, 1.807) is 12.1 Å². The van der Waals surface area contributed by atoms with Gasteiger partial charge in [0.2, 0.25) is 11.8 Å². The number of hydrogen-bond acceptors (Lipinski definition) is 8. The van der Waals surface area contributed by atoms with Crippen molar-refractivity contribution in [3.63, 3.8) is 0 Å². The summed E-state index contributed by atoms with van der Waals surface area (Å²) >= 11 is 0. The predicted octanol–water partition coefficient (Wildman–Crippen LogP) is 1.25. The first-order chi connectivity index (χ1) is 15.4. The summed E-state index contributed by atoms with van der Waals surface area (Å²) in [6, 6.07) is 3.84. The van der Waals surface area contributed by atoms with Gasteiger partial charge in [-0.25, -0.2) is 0 Å². The number of ether oxygens (including phenoxy) is 2. The van der Waals surface area contributed by atoms with Gasteiger partial charge in [0.25, 0.3) is 11.8 Å². The van der Waals surface area contributed by atoms with E-state index in [0.717, 1.165) is 17.7 Å². The number of nitrogens with one attached hydrogen (secondary N) is 2. The fraction of sp³-hybridized carbons (Fsp3) is 0.500. The molecule has 0 radical (unpaired) electrons. The highest BCUT2D eigenvalue weighted by Crippen LogP contribution is 2.32. The molecular formula is C22H27N3O7. The summed E-state index contributed by atoms with van der Waals surface area (Å²) in [7, 11) is 0. The molecule has 1 aromatic carbocycles. The minimum absolute atomic E-state index is 0.0679. The quantitative estimate of drug-likeness (QED) is 0.296. The highest BCUT2D eigenvalue weighted by Gasteiger charge is 2.45. The summed E-state index contributed by atoms with van der Waals surface area (Å²) in [5.74, 6) is -2.49. The summed E-state index contributed by atoms with van der Waals surface area (Å²) in [6.07, 6.45) is 2.13. The van der Waals surface area contributed by atoms with Gasteiger partial charge in [-0.3, -0.25) is 34.2 Å². The Bertz CT molecular complexity index is 915. The van der Waals surface area contributed by atoms with Crippen LogP contribution in [0.2, 0.25) is 0 Å². The second-order valence-electron chi connectivity index (χ2n) is 7.54. The van der Waals surface area contributed by atoms with Crippen LogP contribution in [-0.2, 0) is 23.9 Å². The number of fused-ring (bicyclic) bond motifs is 1. The van der Waals surface area contributed by atoms with E-state index in [9.17, 15) is 24.0 Å². The van der Waals surface area contributed by atoms with Crippen molar-refractivity contribution < 1.29 is 33.4 Å². The van der Waals surface area contributed by atoms with E-state index in [-0.39, 0.29) is 49.6 Å². The second kappa shape index (κ2) is 10.9. The number of anilines is 1. The molecule has 0 bridgehead atoms. The third kappa shape index (κ3) is 5.31. The molecule has 1 aromatic rings. The summed E-state index contributed by atoms with van der Waals surface area (Å²) in [5.41, 5.74) is 0.861. The SMILES string of the molecule is CCCCOC(=O)CCOCCNc1cccc2c1C(=O)N(C1CCC(=O)NC1=O)C2=O. The highest BCUT2D eigenvalue weighted by molar-refractivity contribution is 6.25. The number of imide groups is 2. The van der Waals surface area contributed by atoms with Crippen LogP contribution in [0.4, 0.5) is 5.69 Å². The summed E-state index contributed by atoms with van der Waals surface area (Å²) < 4.78 is 10.5. The van der Waals surface area contributed by atoms with E-state index in [4.69, 9.17) is 9.47 Å². The van der Waals surface area contributed by atoms with E-state index in [0.29, 0.717) is 18.8 Å². The van der Waals surface area contributed by atoms with Crippen molar-refractivity contribution in [3.8, 4) is 0 Å². The first kappa shape index (κ1) is 23.4. The lowest BCUT2D eigenvalue weighted by molar-refractivity contribution is -0.145. The van der Waals surface area contributed by atoms with Gasteiger partial charge in [0.05, 0.1) is 37.4 Å². The molecule has 1 saturated heterocycles. The van der Waals surface area contributed by atoms with Gasteiger partial charge in [0.15, 0.2) is 0 Å². The number of unbranched alkanes of at least 4 members (excludes halogenated alkanes) is 1. The Kier molecular flexibility index (Phi) is 7.93. The number of esters is 1. The number of piperidine rings is 1. The van der Waals surface area contributed by atoms with Crippen molar-refractivity contribution >= 4 is 35.3 Å². The Morgan fingerprint density at radius 3 is 2.72 bits per heavy atom. The van der Waals surface area contributed by atoms with E-state index < -0.39 is 29.7 Å². The van der Waals surface area contributed by atoms with Crippen LogP contribution in [0, 0.1) is 0 Å². The number of nitrogens with zero attached hydrogens (tertiary/aromatic N) is 1. The van der Waals surface area contributed by atoms with Crippen molar-refractivity contribution in [2.75, 3.05) is 31.7 Å². The third-order valence-corrected chi connectivity index (χ3v) is 5.24. The molecule has 10 nitrogen and oxygen atoms in total. The van der Waals surface area contributed by atoms with E-state index in [1.807, 2.05) is 6.92 Å². The van der Waals surface area contributed by atoms with Gasteiger partial charge >= 0.3 is 5.97 Å². The van der Waals surface area contributed by atoms with Gasteiger partial charge < -0.3 is 14.8 Å². The number of rotatable bonds is 11. The van der Waals surface area contributed by atoms with Crippen LogP contribution >= 0.6 is 0 Å². The van der Waals surface area contributed by atoms with Crippen LogP contribution in [0.1, 0.15) is 59.7 Å². The van der Waals surface area contributed by atoms with E-state index in [2.05, 4.69) is 10.6 Å². The average molecular weight is 445 g/mol. The molecule has 0 aromatic heterocycles. The van der Waals surface area contributed by atoms with Crippen LogP contribution in [-0.4, -0.2) is 66.9 Å².